The van der Waals surface area contributed by atoms with Crippen molar-refractivity contribution in [2.75, 3.05) is 75.7 Å². The van der Waals surface area contributed by atoms with Gasteiger partial charge in [-0.3, -0.25) is 4.90 Å². The summed E-state index contributed by atoms with van der Waals surface area (Å²) in [5.41, 5.74) is 4.38. The van der Waals surface area contributed by atoms with E-state index in [4.69, 9.17) is 18.9 Å². The smallest absolute Gasteiger partial charge is 0.138 e. The molecule has 1 aliphatic heterocycles. The predicted molar refractivity (Wildman–Crippen MR) is 168 cm³/mol. The lowest BCUT2D eigenvalue weighted by molar-refractivity contribution is 0.00206. The van der Waals surface area contributed by atoms with Gasteiger partial charge in [0.05, 0.1) is 52.9 Å². The number of hydrogen-bond acceptors (Lipinski definition) is 8. The van der Waals surface area contributed by atoms with Gasteiger partial charge < -0.3 is 23.8 Å². The van der Waals surface area contributed by atoms with Gasteiger partial charge in [-0.2, -0.15) is 0 Å². The van der Waals surface area contributed by atoms with Crippen LogP contribution in [-0.2, 0) is 18.9 Å². The summed E-state index contributed by atoms with van der Waals surface area (Å²) in [6, 6.07) is 28.8. The van der Waals surface area contributed by atoms with Crippen molar-refractivity contribution in [3.05, 3.63) is 108 Å². The molecular formula is C34H38N4O4. The normalized spacial score (nSPS) is 16.0. The average Bonchev–Trinajstić information content (AvgIpc) is 3.06. The maximum Gasteiger partial charge on any atom is 0.138 e. The van der Waals surface area contributed by atoms with E-state index in [-0.39, 0.29) is 0 Å². The molecule has 0 bridgehead atoms. The first-order chi connectivity index (χ1) is 20.9. The lowest BCUT2D eigenvalue weighted by Gasteiger charge is -2.25. The number of pyridine rings is 2. The topological polar surface area (TPSA) is 69.2 Å². The number of ether oxygens (including phenoxy) is 4. The minimum Gasteiger partial charge on any atom is -0.377 e. The fraction of sp³-hybridized carbons (Fsp3) is 0.294. The minimum atomic E-state index is 0.580. The molecule has 5 rings (SSSR count). The van der Waals surface area contributed by atoms with Gasteiger partial charge in [-0.15, -0.1) is 0 Å². The van der Waals surface area contributed by atoms with E-state index in [0.29, 0.717) is 52.9 Å². The quantitative estimate of drug-likeness (QED) is 0.263. The van der Waals surface area contributed by atoms with Gasteiger partial charge in [-0.05, 0) is 59.7 Å². The van der Waals surface area contributed by atoms with Crippen molar-refractivity contribution in [1.29, 1.82) is 0 Å². The van der Waals surface area contributed by atoms with Gasteiger partial charge in [-0.1, -0.05) is 48.6 Å². The second kappa shape index (κ2) is 16.4. The van der Waals surface area contributed by atoms with Crippen LogP contribution in [0.5, 0.6) is 0 Å². The highest BCUT2D eigenvalue weighted by atomic mass is 16.6. The SMILES string of the molecule is C(=C\c1ccc(N(c2ccccn2)c2ccccn2)cc1)/c1ccc(N2CCOCCOCCOCCOCC2)cc1. The summed E-state index contributed by atoms with van der Waals surface area (Å²) in [6.07, 6.45) is 7.85. The van der Waals surface area contributed by atoms with Crippen LogP contribution in [0, 0.1) is 0 Å². The molecule has 0 unspecified atom stereocenters. The van der Waals surface area contributed by atoms with Crippen LogP contribution in [0.2, 0.25) is 0 Å². The Bertz CT molecular complexity index is 1280. The van der Waals surface area contributed by atoms with E-state index < -0.39 is 0 Å². The molecule has 1 saturated heterocycles. The Morgan fingerprint density at radius 3 is 1.43 bits per heavy atom. The molecule has 42 heavy (non-hydrogen) atoms. The van der Waals surface area contributed by atoms with Crippen LogP contribution in [0.1, 0.15) is 11.1 Å². The molecule has 1 fully saturated rings. The standard InChI is InChI=1S/C34H38N4O4/c1-3-17-35-33(5-1)38(34-6-2-4-18-36-34)32-15-11-30(12-16-32)8-7-29-9-13-31(14-10-29)37-19-21-39-23-25-41-27-28-42-26-24-40-22-20-37/h1-18H,19-28H2/b8-7+. The second-order valence-corrected chi connectivity index (χ2v) is 9.66. The summed E-state index contributed by atoms with van der Waals surface area (Å²) in [5, 5.41) is 0. The van der Waals surface area contributed by atoms with Crippen molar-refractivity contribution in [2.24, 2.45) is 0 Å². The summed E-state index contributed by atoms with van der Waals surface area (Å²) >= 11 is 0. The molecule has 2 aromatic carbocycles. The highest BCUT2D eigenvalue weighted by Crippen LogP contribution is 2.31. The molecule has 0 saturated carbocycles. The number of aromatic nitrogens is 2. The fourth-order valence-corrected chi connectivity index (χ4v) is 4.56. The Morgan fingerprint density at radius 1 is 0.524 bits per heavy atom. The van der Waals surface area contributed by atoms with Crippen molar-refractivity contribution in [1.82, 2.24) is 9.97 Å². The third kappa shape index (κ3) is 8.96. The first kappa shape index (κ1) is 29.4. The molecule has 8 heteroatoms. The highest BCUT2D eigenvalue weighted by Gasteiger charge is 2.14. The number of anilines is 4. The van der Waals surface area contributed by atoms with Crippen molar-refractivity contribution < 1.29 is 18.9 Å². The van der Waals surface area contributed by atoms with Gasteiger partial charge in [0.25, 0.3) is 0 Å². The molecule has 0 spiro atoms. The third-order valence-corrected chi connectivity index (χ3v) is 6.76. The monoisotopic (exact) mass is 566 g/mol. The van der Waals surface area contributed by atoms with E-state index in [1.165, 1.54) is 0 Å². The first-order valence-corrected chi connectivity index (χ1v) is 14.4. The Balaban J connectivity index is 1.22. The summed E-state index contributed by atoms with van der Waals surface area (Å²) in [4.78, 5) is 13.4. The zero-order valence-corrected chi connectivity index (χ0v) is 23.9. The Kier molecular flexibility index (Phi) is 11.5. The molecule has 0 N–H and O–H groups in total. The van der Waals surface area contributed by atoms with Crippen molar-refractivity contribution in [3.8, 4) is 0 Å². The van der Waals surface area contributed by atoms with E-state index in [2.05, 4.69) is 75.6 Å². The number of nitrogens with zero attached hydrogens (tertiary/aromatic N) is 4. The summed E-state index contributed by atoms with van der Waals surface area (Å²) < 4.78 is 22.6. The molecule has 0 atom stereocenters. The highest BCUT2D eigenvalue weighted by molar-refractivity contribution is 5.75. The van der Waals surface area contributed by atoms with E-state index in [1.807, 2.05) is 41.3 Å². The van der Waals surface area contributed by atoms with Gasteiger partial charge in [0.2, 0.25) is 0 Å². The summed E-state index contributed by atoms with van der Waals surface area (Å²) in [5.74, 6) is 1.64. The van der Waals surface area contributed by atoms with E-state index in [1.54, 1.807) is 12.4 Å². The van der Waals surface area contributed by atoms with E-state index in [0.717, 1.165) is 47.2 Å². The molecular weight excluding hydrogens is 528 g/mol. The Hall–Kier alpha value is -4.08. The minimum absolute atomic E-state index is 0.580. The lowest BCUT2D eigenvalue weighted by Crippen LogP contribution is -2.31. The Labute approximate surface area is 248 Å². The summed E-state index contributed by atoms with van der Waals surface area (Å²) in [6.45, 7) is 6.33. The second-order valence-electron chi connectivity index (χ2n) is 9.66. The third-order valence-electron chi connectivity index (χ3n) is 6.76. The molecule has 1 aliphatic rings. The molecule has 4 aromatic rings. The first-order valence-electron chi connectivity index (χ1n) is 14.4. The van der Waals surface area contributed by atoms with Gasteiger partial charge in [0, 0.05) is 36.9 Å². The van der Waals surface area contributed by atoms with Gasteiger partial charge in [0.15, 0.2) is 0 Å². The summed E-state index contributed by atoms with van der Waals surface area (Å²) in [7, 11) is 0. The van der Waals surface area contributed by atoms with E-state index >= 15 is 0 Å². The molecule has 2 aromatic heterocycles. The van der Waals surface area contributed by atoms with Crippen molar-refractivity contribution in [3.63, 3.8) is 0 Å². The number of hydrogen-bond donors (Lipinski definition) is 0. The van der Waals surface area contributed by atoms with Crippen molar-refractivity contribution >= 4 is 35.2 Å². The molecule has 0 radical (unpaired) electrons. The van der Waals surface area contributed by atoms with Crippen LogP contribution >= 0.6 is 0 Å². The van der Waals surface area contributed by atoms with Gasteiger partial charge in [0.1, 0.15) is 11.6 Å². The zero-order chi connectivity index (χ0) is 28.7. The van der Waals surface area contributed by atoms with Gasteiger partial charge in [-0.25, -0.2) is 9.97 Å². The predicted octanol–water partition coefficient (Wildman–Crippen LogP) is 6.00. The molecule has 218 valence electrons. The van der Waals surface area contributed by atoms with Crippen LogP contribution in [0.15, 0.2) is 97.3 Å². The molecule has 8 nitrogen and oxygen atoms in total. The van der Waals surface area contributed by atoms with Crippen molar-refractivity contribution in [2.45, 2.75) is 0 Å². The maximum absolute atomic E-state index is 5.78. The fourth-order valence-electron chi connectivity index (χ4n) is 4.56. The number of rotatable bonds is 6. The van der Waals surface area contributed by atoms with E-state index in [9.17, 15) is 0 Å². The molecule has 3 heterocycles. The molecule has 0 amide bonds. The van der Waals surface area contributed by atoms with Gasteiger partial charge >= 0.3 is 0 Å². The van der Waals surface area contributed by atoms with Crippen LogP contribution in [-0.4, -0.2) is 75.9 Å². The maximum atomic E-state index is 5.78. The zero-order valence-electron chi connectivity index (χ0n) is 23.9. The van der Waals surface area contributed by atoms with Crippen LogP contribution < -0.4 is 9.80 Å². The van der Waals surface area contributed by atoms with Crippen LogP contribution in [0.25, 0.3) is 12.2 Å². The average molecular weight is 567 g/mol. The van der Waals surface area contributed by atoms with Crippen LogP contribution in [0.3, 0.4) is 0 Å². The lowest BCUT2D eigenvalue weighted by atomic mass is 10.1. The Morgan fingerprint density at radius 2 is 0.976 bits per heavy atom. The van der Waals surface area contributed by atoms with Crippen LogP contribution in [0.4, 0.5) is 23.0 Å². The number of benzene rings is 2. The molecule has 0 aliphatic carbocycles. The largest absolute Gasteiger partial charge is 0.377 e.